The summed E-state index contributed by atoms with van der Waals surface area (Å²) in [4.78, 5) is 49.0. The van der Waals surface area contributed by atoms with Gasteiger partial charge in [0, 0.05) is 35.8 Å². The van der Waals surface area contributed by atoms with Crippen molar-refractivity contribution in [2.24, 2.45) is 5.92 Å². The molecule has 3 rings (SSSR count). The van der Waals surface area contributed by atoms with Crippen LogP contribution in [0.1, 0.15) is 12.0 Å². The van der Waals surface area contributed by atoms with Gasteiger partial charge in [0.05, 0.1) is 18.0 Å². The van der Waals surface area contributed by atoms with Crippen LogP contribution < -0.4 is 15.0 Å². The van der Waals surface area contributed by atoms with Gasteiger partial charge in [-0.25, -0.2) is 0 Å². The number of nitro groups is 1. The maximum absolute atomic E-state index is 12.4. The molecule has 10 nitrogen and oxygen atoms in total. The monoisotopic (exact) mass is 461 g/mol. The van der Waals surface area contributed by atoms with Crippen molar-refractivity contribution in [3.63, 3.8) is 0 Å². The molecule has 0 spiro atoms. The number of methoxy groups -OCH3 is 1. The lowest BCUT2D eigenvalue weighted by Crippen LogP contribution is -2.28. The Morgan fingerprint density at radius 1 is 1.31 bits per heavy atom. The molecule has 0 aromatic heterocycles. The fourth-order valence-corrected chi connectivity index (χ4v) is 3.50. The van der Waals surface area contributed by atoms with E-state index in [4.69, 9.17) is 21.1 Å². The molecule has 0 bridgehead atoms. The average Bonchev–Trinajstić information content (AvgIpc) is 3.15. The standard InChI is InChI=1S/C21H20ClN3O7/c1-12-15(22)4-3-5-17(12)24-10-13(8-20(24)27)21(28)32-11-19(26)23-16-9-14(31-2)6-7-18(16)25(29)30/h3-7,9,13H,8,10-11H2,1-2H3,(H,23,26)/t13-/m0/s1. The Hall–Kier alpha value is -3.66. The molecule has 1 atom stereocenters. The zero-order chi connectivity index (χ0) is 23.4. The van der Waals surface area contributed by atoms with E-state index in [0.717, 1.165) is 5.56 Å². The maximum atomic E-state index is 12.4. The summed E-state index contributed by atoms with van der Waals surface area (Å²) >= 11 is 6.12. The molecular formula is C21H20ClN3O7. The summed E-state index contributed by atoms with van der Waals surface area (Å²) in [7, 11) is 1.38. The maximum Gasteiger partial charge on any atom is 0.311 e. The quantitative estimate of drug-likeness (QED) is 0.381. The van der Waals surface area contributed by atoms with Gasteiger partial charge in [-0.2, -0.15) is 0 Å². The van der Waals surface area contributed by atoms with Crippen LogP contribution in [0.5, 0.6) is 5.75 Å². The van der Waals surface area contributed by atoms with Crippen LogP contribution in [-0.4, -0.2) is 43.0 Å². The highest BCUT2D eigenvalue weighted by Gasteiger charge is 2.37. The second-order valence-corrected chi connectivity index (χ2v) is 7.49. The van der Waals surface area contributed by atoms with E-state index in [9.17, 15) is 24.5 Å². The summed E-state index contributed by atoms with van der Waals surface area (Å²) in [5.74, 6) is -2.17. The molecule has 0 unspecified atom stereocenters. The van der Waals surface area contributed by atoms with Crippen molar-refractivity contribution >= 4 is 46.4 Å². The first-order valence-corrected chi connectivity index (χ1v) is 9.93. The predicted molar refractivity (Wildman–Crippen MR) is 116 cm³/mol. The Bertz CT molecular complexity index is 1090. The Balaban J connectivity index is 1.60. The van der Waals surface area contributed by atoms with Crippen LogP contribution in [0, 0.1) is 23.0 Å². The van der Waals surface area contributed by atoms with E-state index in [1.54, 1.807) is 25.1 Å². The third-order valence-corrected chi connectivity index (χ3v) is 5.42. The van der Waals surface area contributed by atoms with Gasteiger partial charge in [0.25, 0.3) is 11.6 Å². The van der Waals surface area contributed by atoms with E-state index in [-0.39, 0.29) is 30.2 Å². The van der Waals surface area contributed by atoms with Crippen LogP contribution in [0.4, 0.5) is 17.1 Å². The van der Waals surface area contributed by atoms with Crippen LogP contribution in [0.3, 0.4) is 0 Å². The molecule has 1 saturated heterocycles. The molecule has 0 aliphatic carbocycles. The largest absolute Gasteiger partial charge is 0.497 e. The first kappa shape index (κ1) is 23.0. The third-order valence-electron chi connectivity index (χ3n) is 5.01. The van der Waals surface area contributed by atoms with Crippen molar-refractivity contribution in [1.29, 1.82) is 0 Å². The van der Waals surface area contributed by atoms with Gasteiger partial charge in [0.1, 0.15) is 11.4 Å². The number of rotatable bonds is 7. The van der Waals surface area contributed by atoms with E-state index in [0.29, 0.717) is 16.5 Å². The van der Waals surface area contributed by atoms with Crippen molar-refractivity contribution in [2.45, 2.75) is 13.3 Å². The number of hydrogen-bond acceptors (Lipinski definition) is 7. The van der Waals surface area contributed by atoms with Crippen LogP contribution >= 0.6 is 11.6 Å². The summed E-state index contributed by atoms with van der Waals surface area (Å²) in [6.07, 6.45) is -0.0617. The number of amides is 2. The van der Waals surface area contributed by atoms with Gasteiger partial charge in [-0.05, 0) is 30.7 Å². The van der Waals surface area contributed by atoms with Crippen molar-refractivity contribution in [1.82, 2.24) is 0 Å². The number of nitrogens with one attached hydrogen (secondary N) is 1. The number of esters is 1. The zero-order valence-electron chi connectivity index (χ0n) is 17.3. The van der Waals surface area contributed by atoms with Crippen LogP contribution in [0.25, 0.3) is 0 Å². The lowest BCUT2D eigenvalue weighted by Gasteiger charge is -2.19. The number of ether oxygens (including phenoxy) is 2. The molecule has 32 heavy (non-hydrogen) atoms. The van der Waals surface area contributed by atoms with E-state index in [1.807, 2.05) is 0 Å². The minimum Gasteiger partial charge on any atom is -0.497 e. The minimum atomic E-state index is -0.762. The molecule has 0 saturated carbocycles. The number of benzene rings is 2. The highest BCUT2D eigenvalue weighted by Crippen LogP contribution is 2.32. The fourth-order valence-electron chi connectivity index (χ4n) is 3.33. The Morgan fingerprint density at radius 3 is 2.75 bits per heavy atom. The SMILES string of the molecule is COc1ccc([N+](=O)[O-])c(NC(=O)COC(=O)[C@H]2CC(=O)N(c3cccc(Cl)c3C)C2)c1. The molecule has 2 aromatic rings. The number of hydrogen-bond donors (Lipinski definition) is 1. The van der Waals surface area contributed by atoms with E-state index in [1.165, 1.54) is 30.2 Å². The Morgan fingerprint density at radius 2 is 2.06 bits per heavy atom. The number of carbonyl (C=O) groups is 3. The number of nitrogens with zero attached hydrogens (tertiary/aromatic N) is 2. The summed E-state index contributed by atoms with van der Waals surface area (Å²) in [5, 5.41) is 14.0. The second-order valence-electron chi connectivity index (χ2n) is 7.09. The molecule has 1 N–H and O–H groups in total. The number of carbonyl (C=O) groups excluding carboxylic acids is 3. The molecule has 1 aliphatic heterocycles. The van der Waals surface area contributed by atoms with Crippen LogP contribution in [0.15, 0.2) is 36.4 Å². The van der Waals surface area contributed by atoms with Gasteiger partial charge in [-0.1, -0.05) is 17.7 Å². The highest BCUT2D eigenvalue weighted by atomic mass is 35.5. The minimum absolute atomic E-state index is 0.0617. The summed E-state index contributed by atoms with van der Waals surface area (Å²) in [5.41, 5.74) is 0.908. The van der Waals surface area contributed by atoms with Crippen molar-refractivity contribution in [3.8, 4) is 5.75 Å². The van der Waals surface area contributed by atoms with Gasteiger partial charge in [0.2, 0.25) is 5.91 Å². The molecule has 2 amide bonds. The molecule has 0 radical (unpaired) electrons. The van der Waals surface area contributed by atoms with Gasteiger partial charge in [0.15, 0.2) is 6.61 Å². The van der Waals surface area contributed by atoms with Gasteiger partial charge in [-0.15, -0.1) is 0 Å². The van der Waals surface area contributed by atoms with Crippen LogP contribution in [-0.2, 0) is 19.1 Å². The lowest BCUT2D eigenvalue weighted by molar-refractivity contribution is -0.383. The molecule has 1 aliphatic rings. The van der Waals surface area contributed by atoms with Crippen molar-refractivity contribution in [2.75, 3.05) is 30.5 Å². The Labute approximate surface area is 188 Å². The first-order valence-electron chi connectivity index (χ1n) is 9.55. The first-order chi connectivity index (χ1) is 15.2. The number of nitro benzene ring substituents is 1. The van der Waals surface area contributed by atoms with Gasteiger partial charge in [-0.3, -0.25) is 24.5 Å². The topological polar surface area (TPSA) is 128 Å². The molecule has 1 fully saturated rings. The van der Waals surface area contributed by atoms with Gasteiger partial charge >= 0.3 is 5.97 Å². The van der Waals surface area contributed by atoms with E-state index >= 15 is 0 Å². The molecule has 2 aromatic carbocycles. The smallest absolute Gasteiger partial charge is 0.311 e. The number of halogens is 1. The highest BCUT2D eigenvalue weighted by molar-refractivity contribution is 6.31. The van der Waals surface area contributed by atoms with Crippen LogP contribution in [0.2, 0.25) is 5.02 Å². The molecule has 1 heterocycles. The lowest BCUT2D eigenvalue weighted by atomic mass is 10.1. The summed E-state index contributed by atoms with van der Waals surface area (Å²) in [6, 6.07) is 9.03. The van der Waals surface area contributed by atoms with E-state index < -0.39 is 29.3 Å². The average molecular weight is 462 g/mol. The summed E-state index contributed by atoms with van der Waals surface area (Å²) < 4.78 is 10.1. The molecule has 11 heteroatoms. The molecule has 168 valence electrons. The fraction of sp³-hybridized carbons (Fsp3) is 0.286. The number of anilines is 2. The van der Waals surface area contributed by atoms with Crippen molar-refractivity contribution in [3.05, 3.63) is 57.1 Å². The third kappa shape index (κ3) is 4.97. The predicted octanol–water partition coefficient (Wildman–Crippen LogP) is 3.10. The van der Waals surface area contributed by atoms with Gasteiger partial charge < -0.3 is 19.7 Å². The van der Waals surface area contributed by atoms with Crippen molar-refractivity contribution < 1.29 is 28.8 Å². The zero-order valence-corrected chi connectivity index (χ0v) is 18.0. The summed E-state index contributed by atoms with van der Waals surface area (Å²) in [6.45, 7) is 1.22. The Kier molecular flexibility index (Phi) is 6.94. The normalized spacial score (nSPS) is 15.4. The van der Waals surface area contributed by atoms with E-state index in [2.05, 4.69) is 5.32 Å². The molecular weight excluding hydrogens is 442 g/mol. The second kappa shape index (κ2) is 9.65.